The molecule has 0 aliphatic carbocycles. The summed E-state index contributed by atoms with van der Waals surface area (Å²) >= 11 is 2.82. The molecule has 0 aliphatic rings. The number of carbonyl (C=O) groups is 1. The topological polar surface area (TPSA) is 85.6 Å². The van der Waals surface area contributed by atoms with Crippen molar-refractivity contribution in [3.05, 3.63) is 51.4 Å². The van der Waals surface area contributed by atoms with Crippen LogP contribution < -0.4 is 15.6 Å². The molecular formula is C18H20N4O3S2. The summed E-state index contributed by atoms with van der Waals surface area (Å²) in [4.78, 5) is 29.4. The maximum atomic E-state index is 12.2. The van der Waals surface area contributed by atoms with Crippen LogP contribution in [0.1, 0.15) is 30.5 Å². The molecule has 0 bridgehead atoms. The van der Waals surface area contributed by atoms with Crippen LogP contribution in [0.15, 0.2) is 35.1 Å². The lowest BCUT2D eigenvalue weighted by molar-refractivity contribution is -0.113. The first-order valence-electron chi connectivity index (χ1n) is 8.38. The number of nitrogens with one attached hydrogen (secondary N) is 1. The second kappa shape index (κ2) is 8.53. The first-order valence-corrected chi connectivity index (χ1v) is 10.4. The van der Waals surface area contributed by atoms with E-state index in [1.807, 2.05) is 26.0 Å². The molecule has 0 saturated heterocycles. The molecule has 3 aromatic rings. The van der Waals surface area contributed by atoms with Gasteiger partial charge in [0.2, 0.25) is 10.9 Å². The van der Waals surface area contributed by atoms with Crippen LogP contribution in [-0.2, 0) is 10.5 Å². The minimum absolute atomic E-state index is 0.137. The van der Waals surface area contributed by atoms with E-state index in [1.54, 1.807) is 19.2 Å². The van der Waals surface area contributed by atoms with Crippen molar-refractivity contribution in [1.82, 2.24) is 14.6 Å². The molecule has 2 aromatic heterocycles. The molecule has 0 aliphatic heterocycles. The van der Waals surface area contributed by atoms with E-state index >= 15 is 0 Å². The van der Waals surface area contributed by atoms with Gasteiger partial charge in [0.15, 0.2) is 0 Å². The molecule has 7 nitrogen and oxygen atoms in total. The van der Waals surface area contributed by atoms with Crippen molar-refractivity contribution in [1.29, 1.82) is 0 Å². The zero-order valence-corrected chi connectivity index (χ0v) is 16.9. The Labute approximate surface area is 164 Å². The van der Waals surface area contributed by atoms with Gasteiger partial charge in [-0.15, -0.1) is 11.8 Å². The Bertz CT molecular complexity index is 1010. The standard InChI is InChI=1S/C18H20N4O3S2/c1-11(2)17-21-22-16(24)8-12(19-18(22)27-17)9-26-10-15(23)20-13-6-4-5-7-14(13)25-3/h4-8,11H,9-10H2,1-3H3,(H,20,23). The number of benzene rings is 1. The Balaban J connectivity index is 1.61. The van der Waals surface area contributed by atoms with Gasteiger partial charge in [-0.2, -0.15) is 9.61 Å². The Hall–Kier alpha value is -2.39. The molecule has 1 N–H and O–H groups in total. The molecule has 27 heavy (non-hydrogen) atoms. The van der Waals surface area contributed by atoms with E-state index in [0.29, 0.717) is 27.8 Å². The summed E-state index contributed by atoms with van der Waals surface area (Å²) in [6.07, 6.45) is 0. The van der Waals surface area contributed by atoms with E-state index in [0.717, 1.165) is 5.01 Å². The van der Waals surface area contributed by atoms with Crippen LogP contribution in [0.3, 0.4) is 0 Å². The van der Waals surface area contributed by atoms with Crippen LogP contribution in [0.4, 0.5) is 5.69 Å². The summed E-state index contributed by atoms with van der Waals surface area (Å²) < 4.78 is 6.56. The molecule has 1 aromatic carbocycles. The van der Waals surface area contributed by atoms with Gasteiger partial charge in [-0.05, 0) is 12.1 Å². The van der Waals surface area contributed by atoms with E-state index in [4.69, 9.17) is 4.74 Å². The fourth-order valence-electron chi connectivity index (χ4n) is 2.36. The summed E-state index contributed by atoms with van der Waals surface area (Å²) in [5, 5.41) is 8.00. The summed E-state index contributed by atoms with van der Waals surface area (Å²) in [6, 6.07) is 8.72. The van der Waals surface area contributed by atoms with Crippen molar-refractivity contribution in [3.63, 3.8) is 0 Å². The van der Waals surface area contributed by atoms with Crippen molar-refractivity contribution in [3.8, 4) is 5.75 Å². The van der Waals surface area contributed by atoms with E-state index < -0.39 is 0 Å². The van der Waals surface area contributed by atoms with Crippen LogP contribution in [0.5, 0.6) is 5.75 Å². The zero-order valence-electron chi connectivity index (χ0n) is 15.3. The number of ether oxygens (including phenoxy) is 1. The van der Waals surface area contributed by atoms with Crippen LogP contribution in [0.2, 0.25) is 0 Å². The molecule has 0 radical (unpaired) electrons. The second-order valence-corrected chi connectivity index (χ2v) is 8.09. The monoisotopic (exact) mass is 404 g/mol. The average molecular weight is 405 g/mol. The molecule has 142 valence electrons. The highest BCUT2D eigenvalue weighted by atomic mass is 32.2. The van der Waals surface area contributed by atoms with Crippen LogP contribution in [-0.4, -0.2) is 33.4 Å². The number of methoxy groups -OCH3 is 1. The van der Waals surface area contributed by atoms with E-state index in [1.165, 1.54) is 33.7 Å². The van der Waals surface area contributed by atoms with Gasteiger partial charge in [0.25, 0.3) is 5.56 Å². The van der Waals surface area contributed by atoms with Gasteiger partial charge in [-0.25, -0.2) is 4.98 Å². The third kappa shape index (κ3) is 4.67. The summed E-state index contributed by atoms with van der Waals surface area (Å²) in [7, 11) is 1.56. The average Bonchev–Trinajstić information content (AvgIpc) is 3.07. The number of para-hydroxylation sites is 2. The number of amides is 1. The number of aromatic nitrogens is 3. The highest BCUT2D eigenvalue weighted by molar-refractivity contribution is 7.99. The quantitative estimate of drug-likeness (QED) is 0.651. The van der Waals surface area contributed by atoms with Crippen molar-refractivity contribution in [2.24, 2.45) is 0 Å². The fraction of sp³-hybridized carbons (Fsp3) is 0.333. The third-order valence-corrected chi connectivity index (χ3v) is 5.85. The molecule has 1 amide bonds. The van der Waals surface area contributed by atoms with Gasteiger partial charge in [0, 0.05) is 17.7 Å². The number of rotatable bonds is 7. The van der Waals surface area contributed by atoms with E-state index in [9.17, 15) is 9.59 Å². The SMILES string of the molecule is COc1ccccc1NC(=O)CSCc1cc(=O)n2nc(C(C)C)sc2n1. The number of nitrogens with zero attached hydrogens (tertiary/aromatic N) is 3. The number of thioether (sulfide) groups is 1. The minimum atomic E-state index is -0.197. The predicted octanol–water partition coefficient (Wildman–Crippen LogP) is 3.15. The van der Waals surface area contributed by atoms with Gasteiger partial charge in [0.05, 0.1) is 24.2 Å². The molecule has 0 unspecified atom stereocenters. The molecule has 0 spiro atoms. The molecule has 9 heteroatoms. The van der Waals surface area contributed by atoms with Crippen LogP contribution in [0, 0.1) is 0 Å². The Kier molecular flexibility index (Phi) is 6.12. The normalized spacial score (nSPS) is 11.1. The van der Waals surface area contributed by atoms with Crippen molar-refractivity contribution in [2.75, 3.05) is 18.2 Å². The zero-order chi connectivity index (χ0) is 19.4. The first kappa shape index (κ1) is 19.4. The lowest BCUT2D eigenvalue weighted by Crippen LogP contribution is -2.16. The second-order valence-electron chi connectivity index (χ2n) is 6.12. The number of hydrogen-bond donors (Lipinski definition) is 1. The van der Waals surface area contributed by atoms with Crippen LogP contribution >= 0.6 is 23.1 Å². The fourth-order valence-corrected chi connectivity index (χ4v) is 4.00. The smallest absolute Gasteiger partial charge is 0.275 e. The summed E-state index contributed by atoms with van der Waals surface area (Å²) in [6.45, 7) is 4.06. The number of carbonyl (C=O) groups excluding carboxylic acids is 1. The van der Waals surface area contributed by atoms with Crippen molar-refractivity contribution >= 4 is 39.7 Å². The Morgan fingerprint density at radius 2 is 2.15 bits per heavy atom. The maximum absolute atomic E-state index is 12.2. The highest BCUT2D eigenvalue weighted by Crippen LogP contribution is 2.24. The van der Waals surface area contributed by atoms with Gasteiger partial charge >= 0.3 is 0 Å². The molecule has 0 saturated carbocycles. The highest BCUT2D eigenvalue weighted by Gasteiger charge is 2.12. The number of anilines is 1. The van der Waals surface area contributed by atoms with E-state index in [2.05, 4.69) is 15.4 Å². The Morgan fingerprint density at radius 3 is 2.89 bits per heavy atom. The lowest BCUT2D eigenvalue weighted by atomic mass is 10.2. The summed E-state index contributed by atoms with van der Waals surface area (Å²) in [5.41, 5.74) is 1.08. The minimum Gasteiger partial charge on any atom is -0.495 e. The lowest BCUT2D eigenvalue weighted by Gasteiger charge is -2.09. The van der Waals surface area contributed by atoms with Gasteiger partial charge < -0.3 is 10.1 Å². The molecule has 0 atom stereocenters. The molecule has 3 rings (SSSR count). The van der Waals surface area contributed by atoms with Crippen LogP contribution in [0.25, 0.3) is 4.96 Å². The predicted molar refractivity (Wildman–Crippen MR) is 109 cm³/mol. The summed E-state index contributed by atoms with van der Waals surface area (Å²) in [5.74, 6) is 1.44. The Morgan fingerprint density at radius 1 is 1.37 bits per heavy atom. The van der Waals surface area contributed by atoms with E-state index in [-0.39, 0.29) is 23.1 Å². The maximum Gasteiger partial charge on any atom is 0.275 e. The number of hydrogen-bond acceptors (Lipinski definition) is 7. The third-order valence-electron chi connectivity index (χ3n) is 3.67. The van der Waals surface area contributed by atoms with Crippen molar-refractivity contribution in [2.45, 2.75) is 25.5 Å². The first-order chi connectivity index (χ1) is 13.0. The molecule has 0 fully saturated rings. The van der Waals surface area contributed by atoms with Gasteiger partial charge in [-0.1, -0.05) is 37.3 Å². The molecular weight excluding hydrogens is 384 g/mol. The van der Waals surface area contributed by atoms with Crippen molar-refractivity contribution < 1.29 is 9.53 Å². The van der Waals surface area contributed by atoms with Gasteiger partial charge in [-0.3, -0.25) is 9.59 Å². The number of fused-ring (bicyclic) bond motifs is 1. The van der Waals surface area contributed by atoms with Gasteiger partial charge in [0.1, 0.15) is 10.8 Å². The largest absolute Gasteiger partial charge is 0.495 e. The molecule has 2 heterocycles.